The highest BCUT2D eigenvalue weighted by Crippen LogP contribution is 2.22. The van der Waals surface area contributed by atoms with Crippen molar-refractivity contribution in [3.05, 3.63) is 71.8 Å². The topological polar surface area (TPSA) is 48.0 Å². The number of rotatable bonds is 11. The minimum Gasteiger partial charge on any atom is -0.441 e. The summed E-state index contributed by atoms with van der Waals surface area (Å²) in [6.45, 7) is 8.79. The molecule has 2 aromatic carbocycles. The van der Waals surface area contributed by atoms with Crippen LogP contribution < -0.4 is 0 Å². The van der Waals surface area contributed by atoms with Crippen molar-refractivity contribution >= 4 is 6.09 Å². The van der Waals surface area contributed by atoms with E-state index in [1.54, 1.807) is 0 Å². The van der Waals surface area contributed by atoms with Crippen LogP contribution in [0.25, 0.3) is 0 Å². The van der Waals surface area contributed by atoms with Gasteiger partial charge in [0.2, 0.25) is 0 Å². The number of nitrogens with zero attached hydrogens (tertiary/aromatic N) is 2. The fourth-order valence-corrected chi connectivity index (χ4v) is 4.49. The predicted octanol–water partition coefficient (Wildman–Crippen LogP) is 5.96. The summed E-state index contributed by atoms with van der Waals surface area (Å²) in [7, 11) is 2.12. The number of amides is 1. The minimum absolute atomic E-state index is 0.185. The van der Waals surface area contributed by atoms with E-state index in [1.165, 1.54) is 11.1 Å². The van der Waals surface area contributed by atoms with Gasteiger partial charge in [0.1, 0.15) is 18.7 Å². The maximum Gasteiger partial charge on any atom is 0.455 e. The van der Waals surface area contributed by atoms with Gasteiger partial charge in [0.25, 0.3) is 0 Å². The van der Waals surface area contributed by atoms with Crippen LogP contribution in [0.4, 0.5) is 4.79 Å². The number of hydrogen-bond donors (Lipinski definition) is 0. The van der Waals surface area contributed by atoms with Crippen LogP contribution >= 0.6 is 0 Å². The molecule has 1 fully saturated rings. The first kappa shape index (κ1) is 27.2. The molecule has 35 heavy (non-hydrogen) atoms. The molecule has 0 spiro atoms. The molecule has 6 nitrogen and oxygen atoms in total. The number of benzene rings is 2. The van der Waals surface area contributed by atoms with Gasteiger partial charge in [-0.15, -0.1) is 0 Å². The summed E-state index contributed by atoms with van der Waals surface area (Å²) in [5, 5.41) is 1.84. The lowest BCUT2D eigenvalue weighted by Gasteiger charge is -2.43. The van der Waals surface area contributed by atoms with Crippen LogP contribution in [-0.4, -0.2) is 60.9 Å². The Bertz CT molecular complexity index is 879. The molecule has 2 atom stereocenters. The molecule has 6 heteroatoms. The molecule has 1 aliphatic rings. The van der Waals surface area contributed by atoms with E-state index >= 15 is 0 Å². The summed E-state index contributed by atoms with van der Waals surface area (Å²) in [5.74, 6) is 0. The van der Waals surface area contributed by atoms with Crippen molar-refractivity contribution in [1.82, 2.24) is 5.01 Å². The first-order valence-corrected chi connectivity index (χ1v) is 12.9. The molecule has 1 amide bonds. The quantitative estimate of drug-likeness (QED) is 0.292. The summed E-state index contributed by atoms with van der Waals surface area (Å²) in [6, 6.07) is 20.9. The van der Waals surface area contributed by atoms with E-state index in [4.69, 9.17) is 14.2 Å². The van der Waals surface area contributed by atoms with Crippen LogP contribution in [0.3, 0.4) is 0 Å². The lowest BCUT2D eigenvalue weighted by molar-refractivity contribution is -1.02. The molecular weight excluding hydrogens is 440 g/mol. The Hall–Kier alpha value is -2.41. The molecule has 0 bridgehead atoms. The van der Waals surface area contributed by atoms with Gasteiger partial charge in [0.15, 0.2) is 6.29 Å². The van der Waals surface area contributed by atoms with Crippen molar-refractivity contribution in [3.8, 4) is 0 Å². The van der Waals surface area contributed by atoms with Crippen LogP contribution in [0.5, 0.6) is 0 Å². The van der Waals surface area contributed by atoms with E-state index in [2.05, 4.69) is 43.4 Å². The third-order valence-electron chi connectivity index (χ3n) is 6.25. The highest BCUT2D eigenvalue weighted by Gasteiger charge is 2.38. The predicted molar refractivity (Wildman–Crippen MR) is 138 cm³/mol. The van der Waals surface area contributed by atoms with Gasteiger partial charge in [-0.05, 0) is 52.0 Å². The maximum atomic E-state index is 13.5. The van der Waals surface area contributed by atoms with Gasteiger partial charge < -0.3 is 14.2 Å². The fourth-order valence-electron chi connectivity index (χ4n) is 4.49. The largest absolute Gasteiger partial charge is 0.455 e. The minimum atomic E-state index is -0.579. The zero-order valence-corrected chi connectivity index (χ0v) is 21.9. The summed E-state index contributed by atoms with van der Waals surface area (Å²) >= 11 is 0. The fraction of sp³-hybridized carbons (Fsp3) is 0.552. The average Bonchev–Trinajstić information content (AvgIpc) is 2.82. The molecule has 1 aliphatic heterocycles. The van der Waals surface area contributed by atoms with E-state index < -0.39 is 5.60 Å². The van der Waals surface area contributed by atoms with E-state index in [0.717, 1.165) is 45.3 Å². The number of ether oxygens (including phenoxy) is 3. The Morgan fingerprint density at radius 2 is 1.69 bits per heavy atom. The van der Waals surface area contributed by atoms with Crippen LogP contribution in [0.2, 0.25) is 0 Å². The summed E-state index contributed by atoms with van der Waals surface area (Å²) in [6.07, 6.45) is 4.50. The molecule has 0 N–H and O–H groups in total. The van der Waals surface area contributed by atoms with Gasteiger partial charge >= 0.3 is 6.09 Å². The van der Waals surface area contributed by atoms with Crippen LogP contribution in [0.15, 0.2) is 60.7 Å². The first-order chi connectivity index (χ1) is 16.8. The number of quaternary nitrogens is 1. The Morgan fingerprint density at radius 3 is 2.29 bits per heavy atom. The lowest BCUT2D eigenvalue weighted by atomic mass is 10.1. The smallest absolute Gasteiger partial charge is 0.441 e. The first-order valence-electron chi connectivity index (χ1n) is 12.9. The molecule has 1 saturated heterocycles. The standard InChI is InChI=1S/C29H43N2O4/c1-29(2,3)35-28(32)30(20-23-34-27-19-11-12-22-33-27)31(4,24-26-16-9-6-10-17-26)21-13-18-25-14-7-5-8-15-25/h5-10,14-17,27H,11-13,18-24H2,1-4H3/q+1/t27?,31-/m0/s1. The Kier molecular flexibility index (Phi) is 10.1. The molecular formula is C29H43N2O4+. The Labute approximate surface area is 211 Å². The number of carbonyl (C=O) groups is 1. The second-order valence-corrected chi connectivity index (χ2v) is 10.6. The van der Waals surface area contributed by atoms with E-state index in [-0.39, 0.29) is 12.4 Å². The SMILES string of the molecule is CC(C)(C)OC(=O)N(CCOC1CCCCO1)[N@@+](C)(CCCc1ccccc1)Cc1ccccc1. The van der Waals surface area contributed by atoms with Crippen LogP contribution in [0, 0.1) is 0 Å². The zero-order valence-electron chi connectivity index (χ0n) is 21.9. The van der Waals surface area contributed by atoms with Gasteiger partial charge in [-0.25, -0.2) is 9.39 Å². The molecule has 192 valence electrons. The van der Waals surface area contributed by atoms with Gasteiger partial charge in [0.05, 0.1) is 20.2 Å². The molecule has 0 radical (unpaired) electrons. The average molecular weight is 484 g/mol. The van der Waals surface area contributed by atoms with Gasteiger partial charge in [-0.1, -0.05) is 60.7 Å². The van der Waals surface area contributed by atoms with Gasteiger partial charge in [-0.2, -0.15) is 5.01 Å². The van der Waals surface area contributed by atoms with Crippen LogP contribution in [0.1, 0.15) is 57.6 Å². The van der Waals surface area contributed by atoms with Gasteiger partial charge in [-0.3, -0.25) is 0 Å². The van der Waals surface area contributed by atoms with Crippen molar-refractivity contribution in [3.63, 3.8) is 0 Å². The molecule has 0 aromatic heterocycles. The monoisotopic (exact) mass is 483 g/mol. The second-order valence-electron chi connectivity index (χ2n) is 10.6. The molecule has 1 heterocycles. The van der Waals surface area contributed by atoms with E-state index in [9.17, 15) is 4.79 Å². The number of hydrogen-bond acceptors (Lipinski definition) is 4. The van der Waals surface area contributed by atoms with Crippen molar-refractivity contribution < 1.29 is 23.6 Å². The van der Waals surface area contributed by atoms with Crippen LogP contribution in [-0.2, 0) is 27.2 Å². The highest BCUT2D eigenvalue weighted by atomic mass is 16.7. The Morgan fingerprint density at radius 1 is 1.03 bits per heavy atom. The molecule has 1 unspecified atom stereocenters. The third-order valence-corrected chi connectivity index (χ3v) is 6.25. The molecule has 3 rings (SSSR count). The maximum absolute atomic E-state index is 13.5. The van der Waals surface area contributed by atoms with Crippen molar-refractivity contribution in [1.29, 1.82) is 0 Å². The zero-order chi connectivity index (χ0) is 25.2. The second kappa shape index (κ2) is 13.1. The summed E-state index contributed by atoms with van der Waals surface area (Å²) in [4.78, 5) is 13.5. The van der Waals surface area contributed by atoms with E-state index in [1.807, 2.05) is 50.0 Å². The van der Waals surface area contributed by atoms with E-state index in [0.29, 0.717) is 24.3 Å². The number of aryl methyl sites for hydroxylation is 1. The summed E-state index contributed by atoms with van der Waals surface area (Å²) in [5.41, 5.74) is 1.91. The van der Waals surface area contributed by atoms with Crippen molar-refractivity contribution in [2.24, 2.45) is 0 Å². The van der Waals surface area contributed by atoms with Gasteiger partial charge in [0, 0.05) is 18.6 Å². The highest BCUT2D eigenvalue weighted by molar-refractivity contribution is 5.66. The third kappa shape index (κ3) is 9.28. The number of carbonyl (C=O) groups excluding carboxylic acids is 1. The summed E-state index contributed by atoms with van der Waals surface area (Å²) < 4.78 is 18.1. The normalized spacial score (nSPS) is 18.0. The lowest BCUT2D eigenvalue weighted by Crippen LogP contribution is -2.61. The Balaban J connectivity index is 1.78. The van der Waals surface area contributed by atoms with Crippen molar-refractivity contribution in [2.45, 2.75) is 71.3 Å². The molecule has 0 aliphatic carbocycles. The molecule has 2 aromatic rings. The molecule has 0 saturated carbocycles. The van der Waals surface area contributed by atoms with Crippen molar-refractivity contribution in [2.75, 3.05) is 33.4 Å².